The number of carbonyl (C=O) groups excluding carboxylic acids is 3. The highest BCUT2D eigenvalue weighted by Crippen LogP contribution is 2.43. The molecule has 0 bridgehead atoms. The van der Waals surface area contributed by atoms with Crippen molar-refractivity contribution in [3.05, 3.63) is 11.3 Å². The molecule has 2 rings (SSSR count). The fourth-order valence-corrected chi connectivity index (χ4v) is 4.05. The van der Waals surface area contributed by atoms with E-state index in [2.05, 4.69) is 12.8 Å². The molecule has 0 aromatic carbocycles. The van der Waals surface area contributed by atoms with E-state index in [1.54, 1.807) is 0 Å². The highest BCUT2D eigenvalue weighted by atomic mass is 32.2. The molecule has 3 atom stereocenters. The summed E-state index contributed by atoms with van der Waals surface area (Å²) in [6.07, 6.45) is -2.05. The molecule has 0 aromatic rings. The van der Waals surface area contributed by atoms with Crippen LogP contribution in [0.25, 0.3) is 0 Å². The van der Waals surface area contributed by atoms with Gasteiger partial charge in [-0.15, -0.1) is 11.8 Å². The molecule has 1 saturated heterocycles. The molecule has 11 heteroatoms. The summed E-state index contributed by atoms with van der Waals surface area (Å²) >= 11 is 5.24. The van der Waals surface area contributed by atoms with Gasteiger partial charge in [0.1, 0.15) is 11.1 Å². The SMILES string of the molecule is CO[C@@H]1C(=O)N2C(C(=O)O)=C(C(OC(C)=O)N(S)C(C)=O)CS[C@H]12. The van der Waals surface area contributed by atoms with Gasteiger partial charge in [0, 0.05) is 32.3 Å². The Balaban J connectivity index is 2.48. The number of methoxy groups -OCH3 is 1. The van der Waals surface area contributed by atoms with Gasteiger partial charge in [0.25, 0.3) is 5.91 Å². The van der Waals surface area contributed by atoms with Crippen molar-refractivity contribution in [1.29, 1.82) is 0 Å². The molecule has 0 radical (unpaired) electrons. The maximum atomic E-state index is 12.1. The zero-order valence-electron chi connectivity index (χ0n) is 13.1. The van der Waals surface area contributed by atoms with Crippen molar-refractivity contribution in [2.75, 3.05) is 12.9 Å². The third-order valence-corrected chi connectivity index (χ3v) is 5.29. The van der Waals surface area contributed by atoms with E-state index in [4.69, 9.17) is 9.47 Å². The van der Waals surface area contributed by atoms with Crippen molar-refractivity contribution >= 4 is 48.3 Å². The normalized spacial score (nSPS) is 24.0. The number of fused-ring (bicyclic) bond motifs is 1. The second kappa shape index (κ2) is 7.03. The summed E-state index contributed by atoms with van der Waals surface area (Å²) in [4.78, 5) is 47.8. The molecule has 0 aliphatic carbocycles. The molecule has 1 unspecified atom stereocenters. The third kappa shape index (κ3) is 3.10. The Morgan fingerprint density at radius 2 is 2.04 bits per heavy atom. The number of ether oxygens (including phenoxy) is 2. The van der Waals surface area contributed by atoms with Crippen molar-refractivity contribution in [3.8, 4) is 0 Å². The first-order valence-corrected chi connectivity index (χ1v) is 8.25. The predicted molar refractivity (Wildman–Crippen MR) is 85.6 cm³/mol. The largest absolute Gasteiger partial charge is 0.477 e. The summed E-state index contributed by atoms with van der Waals surface area (Å²) in [6.45, 7) is 2.32. The van der Waals surface area contributed by atoms with Crippen molar-refractivity contribution in [2.24, 2.45) is 0 Å². The fraction of sp³-hybridized carbons (Fsp3) is 0.538. The van der Waals surface area contributed by atoms with Crippen LogP contribution in [0.15, 0.2) is 11.3 Å². The van der Waals surface area contributed by atoms with Crippen LogP contribution in [0.2, 0.25) is 0 Å². The summed E-state index contributed by atoms with van der Waals surface area (Å²) < 4.78 is 10.9. The molecule has 2 heterocycles. The molecular weight excluding hydrogens is 360 g/mol. The van der Waals surface area contributed by atoms with Gasteiger partial charge in [-0.25, -0.2) is 9.10 Å². The molecular formula is C13H16N2O7S2. The molecule has 2 amide bonds. The lowest BCUT2D eigenvalue weighted by Crippen LogP contribution is -2.66. The number of amides is 2. The zero-order chi connectivity index (χ0) is 18.2. The predicted octanol–water partition coefficient (Wildman–Crippen LogP) is -0.162. The second-order valence-corrected chi connectivity index (χ2v) is 6.61. The van der Waals surface area contributed by atoms with Crippen molar-refractivity contribution in [2.45, 2.75) is 31.6 Å². The van der Waals surface area contributed by atoms with Crippen LogP contribution in [0.3, 0.4) is 0 Å². The molecule has 1 fully saturated rings. The van der Waals surface area contributed by atoms with Crippen molar-refractivity contribution in [3.63, 3.8) is 0 Å². The van der Waals surface area contributed by atoms with Crippen molar-refractivity contribution < 1.29 is 33.8 Å². The number of carbonyl (C=O) groups is 4. The minimum atomic E-state index is -1.36. The number of hydrogen-bond acceptors (Lipinski definition) is 8. The van der Waals surface area contributed by atoms with Gasteiger partial charge in [-0.3, -0.25) is 19.3 Å². The first-order valence-electron chi connectivity index (χ1n) is 6.80. The summed E-state index contributed by atoms with van der Waals surface area (Å²) in [5.41, 5.74) is -0.212. The van der Waals surface area contributed by atoms with Gasteiger partial charge in [-0.2, -0.15) is 0 Å². The van der Waals surface area contributed by atoms with E-state index in [-0.39, 0.29) is 17.0 Å². The minimum absolute atomic E-state index is 0.104. The average Bonchev–Trinajstić information content (AvgIpc) is 2.50. The van der Waals surface area contributed by atoms with Gasteiger partial charge in [0.2, 0.25) is 12.1 Å². The van der Waals surface area contributed by atoms with Gasteiger partial charge in [-0.1, -0.05) is 12.8 Å². The van der Waals surface area contributed by atoms with Crippen LogP contribution in [-0.4, -0.2) is 68.6 Å². The summed E-state index contributed by atoms with van der Waals surface area (Å²) in [5.74, 6) is -2.98. The first-order chi connectivity index (χ1) is 11.2. The smallest absolute Gasteiger partial charge is 0.352 e. The molecule has 0 spiro atoms. The van der Waals surface area contributed by atoms with Crippen LogP contribution >= 0.6 is 24.6 Å². The van der Waals surface area contributed by atoms with E-state index in [9.17, 15) is 24.3 Å². The van der Waals surface area contributed by atoms with Gasteiger partial charge in [0.05, 0.1) is 0 Å². The zero-order valence-corrected chi connectivity index (χ0v) is 14.8. The summed E-state index contributed by atoms with van der Waals surface area (Å²) in [7, 11) is 1.37. The van der Waals surface area contributed by atoms with E-state index in [0.717, 1.165) is 16.1 Å². The van der Waals surface area contributed by atoms with Crippen LogP contribution in [-0.2, 0) is 28.7 Å². The molecule has 0 saturated carbocycles. The van der Waals surface area contributed by atoms with Crippen LogP contribution in [0.1, 0.15) is 13.8 Å². The Hall–Kier alpha value is -1.72. The standard InChI is InChI=1S/C13H16N2O7S2/c1-5(16)15(23)11(22-6(2)17)7-4-24-12-9(21-3)10(18)14(12)8(7)13(19)20/h9,11-12,23H,4H2,1-3H3,(H,19,20)/t9-,11?,12-/m1/s1. The average molecular weight is 376 g/mol. The molecule has 2 aliphatic heterocycles. The van der Waals surface area contributed by atoms with E-state index < -0.39 is 41.5 Å². The topological polar surface area (TPSA) is 113 Å². The molecule has 0 aromatic heterocycles. The Morgan fingerprint density at radius 3 is 2.50 bits per heavy atom. The quantitative estimate of drug-likeness (QED) is 0.294. The lowest BCUT2D eigenvalue weighted by Gasteiger charge is -2.49. The fourth-order valence-electron chi connectivity index (χ4n) is 2.47. The maximum absolute atomic E-state index is 12.1. The Bertz CT molecular complexity index is 636. The Kier molecular flexibility index (Phi) is 5.45. The summed E-state index contributed by atoms with van der Waals surface area (Å²) in [5, 5.41) is 9.07. The number of aliphatic carboxylic acids is 1. The molecule has 24 heavy (non-hydrogen) atoms. The lowest BCUT2D eigenvalue weighted by molar-refractivity contribution is -0.162. The Labute approximate surface area is 147 Å². The van der Waals surface area contributed by atoms with E-state index in [1.165, 1.54) is 25.8 Å². The van der Waals surface area contributed by atoms with E-state index in [0.29, 0.717) is 0 Å². The van der Waals surface area contributed by atoms with Crippen LogP contribution in [0, 0.1) is 0 Å². The molecule has 132 valence electrons. The number of β-lactam (4-membered cyclic amide) rings is 1. The molecule has 9 nitrogen and oxygen atoms in total. The minimum Gasteiger partial charge on any atom is -0.477 e. The van der Waals surface area contributed by atoms with Crippen LogP contribution in [0.4, 0.5) is 0 Å². The van der Waals surface area contributed by atoms with Crippen LogP contribution in [0.5, 0.6) is 0 Å². The maximum Gasteiger partial charge on any atom is 0.352 e. The van der Waals surface area contributed by atoms with E-state index in [1.807, 2.05) is 0 Å². The monoisotopic (exact) mass is 376 g/mol. The van der Waals surface area contributed by atoms with Crippen LogP contribution < -0.4 is 0 Å². The number of rotatable bonds is 5. The second-order valence-electron chi connectivity index (χ2n) is 5.07. The van der Waals surface area contributed by atoms with Gasteiger partial charge in [-0.05, 0) is 0 Å². The third-order valence-electron chi connectivity index (χ3n) is 3.53. The number of esters is 1. The Morgan fingerprint density at radius 1 is 1.42 bits per heavy atom. The van der Waals surface area contributed by atoms with Crippen molar-refractivity contribution in [1.82, 2.24) is 9.21 Å². The molecule has 1 N–H and O–H groups in total. The molecule has 2 aliphatic rings. The summed E-state index contributed by atoms with van der Waals surface area (Å²) in [6, 6.07) is 0. The van der Waals surface area contributed by atoms with Gasteiger partial charge >= 0.3 is 11.9 Å². The first kappa shape index (κ1) is 18.6. The highest BCUT2D eigenvalue weighted by molar-refractivity contribution is 8.00. The lowest BCUT2D eigenvalue weighted by atomic mass is 10.0. The number of carboxylic acid groups (broad SMARTS) is 1. The highest BCUT2D eigenvalue weighted by Gasteiger charge is 2.55. The number of thioether (sulfide) groups is 1. The van der Waals surface area contributed by atoms with E-state index >= 15 is 0 Å². The van der Waals surface area contributed by atoms with Gasteiger partial charge < -0.3 is 14.6 Å². The number of thiol groups is 1. The number of hydrogen-bond donors (Lipinski definition) is 2. The number of carboxylic acids is 1. The van der Waals surface area contributed by atoms with Gasteiger partial charge in [0.15, 0.2) is 6.10 Å². The number of nitrogens with zero attached hydrogens (tertiary/aromatic N) is 2.